The lowest BCUT2D eigenvalue weighted by Crippen LogP contribution is -2.43. The predicted molar refractivity (Wildman–Crippen MR) is 93.9 cm³/mol. The van der Waals surface area contributed by atoms with E-state index < -0.39 is 0 Å². The van der Waals surface area contributed by atoms with Crippen molar-refractivity contribution in [2.24, 2.45) is 0 Å². The number of benzene rings is 1. The Morgan fingerprint density at radius 3 is 2.82 bits per heavy atom. The third-order valence-corrected chi connectivity index (χ3v) is 4.93. The molecule has 22 heavy (non-hydrogen) atoms. The maximum atomic E-state index is 6.10. The number of anilines is 2. The van der Waals surface area contributed by atoms with Gasteiger partial charge >= 0.3 is 0 Å². The number of aromatic nitrogens is 1. The van der Waals surface area contributed by atoms with E-state index in [1.807, 2.05) is 0 Å². The predicted octanol–water partition coefficient (Wildman–Crippen LogP) is 4.09. The van der Waals surface area contributed by atoms with E-state index >= 15 is 0 Å². The Bertz CT molecular complexity index is 681. The number of aryl methyl sites for hydroxylation is 1. The lowest BCUT2D eigenvalue weighted by molar-refractivity contribution is 0.186. The second-order valence-corrected chi connectivity index (χ2v) is 7.27. The molecule has 1 aliphatic rings. The third-order valence-electron chi connectivity index (χ3n) is 4.13. The molecule has 0 radical (unpaired) electrons. The van der Waals surface area contributed by atoms with E-state index in [0.717, 1.165) is 40.5 Å². The van der Waals surface area contributed by atoms with E-state index in [1.54, 1.807) is 0 Å². The highest BCUT2D eigenvalue weighted by molar-refractivity contribution is 7.15. The molecule has 0 aliphatic carbocycles. The van der Waals surface area contributed by atoms with Gasteiger partial charge in [0.15, 0.2) is 5.13 Å². The molecule has 1 unspecified atom stereocenters. The summed E-state index contributed by atoms with van der Waals surface area (Å²) in [4.78, 5) is 8.04. The first-order valence-corrected chi connectivity index (χ1v) is 8.61. The number of nitrogens with two attached hydrogens (primary N) is 1. The minimum absolute atomic E-state index is 0.261. The van der Waals surface area contributed by atoms with Crippen molar-refractivity contribution in [3.8, 4) is 17.0 Å². The summed E-state index contributed by atoms with van der Waals surface area (Å²) >= 11 is 1.53. The molecule has 0 saturated carbocycles. The molecular weight excluding hydrogens is 294 g/mol. The van der Waals surface area contributed by atoms with E-state index in [9.17, 15) is 0 Å². The van der Waals surface area contributed by atoms with Crippen LogP contribution in [0.1, 0.15) is 32.1 Å². The average molecular weight is 317 g/mol. The number of nitrogen functional groups attached to an aromatic ring is 1. The zero-order valence-corrected chi connectivity index (χ0v) is 14.4. The quantitative estimate of drug-likeness (QED) is 0.926. The summed E-state index contributed by atoms with van der Waals surface area (Å²) in [5.74, 6) is 0.969. The van der Waals surface area contributed by atoms with Gasteiger partial charge in [0, 0.05) is 16.5 Å². The molecule has 0 bridgehead atoms. The molecule has 0 saturated heterocycles. The molecule has 1 aromatic heterocycles. The molecule has 1 aliphatic heterocycles. The van der Waals surface area contributed by atoms with Gasteiger partial charge < -0.3 is 15.4 Å². The lowest BCUT2D eigenvalue weighted by atomic mass is 10.1. The summed E-state index contributed by atoms with van der Waals surface area (Å²) < 4.78 is 6.10. The highest BCUT2D eigenvalue weighted by atomic mass is 32.1. The van der Waals surface area contributed by atoms with Crippen LogP contribution in [0.25, 0.3) is 11.3 Å². The zero-order chi connectivity index (χ0) is 15.9. The molecule has 2 heterocycles. The Morgan fingerprint density at radius 1 is 1.45 bits per heavy atom. The van der Waals surface area contributed by atoms with Crippen LogP contribution < -0.4 is 15.4 Å². The van der Waals surface area contributed by atoms with Crippen LogP contribution in [0.5, 0.6) is 5.75 Å². The van der Waals surface area contributed by atoms with Crippen molar-refractivity contribution in [1.82, 2.24) is 4.98 Å². The van der Waals surface area contributed by atoms with Crippen LogP contribution in [0.3, 0.4) is 0 Å². The van der Waals surface area contributed by atoms with Gasteiger partial charge in [0.2, 0.25) is 0 Å². The van der Waals surface area contributed by atoms with E-state index in [1.165, 1.54) is 11.3 Å². The van der Waals surface area contributed by atoms with Crippen molar-refractivity contribution in [3.63, 3.8) is 0 Å². The second-order valence-electron chi connectivity index (χ2n) is 6.03. The highest BCUT2D eigenvalue weighted by Gasteiger charge is 2.27. The molecular formula is C17H23N3OS. The Hall–Kier alpha value is -1.75. The smallest absolute Gasteiger partial charge is 0.180 e. The maximum absolute atomic E-state index is 6.10. The van der Waals surface area contributed by atoms with Crippen molar-refractivity contribution in [2.45, 2.75) is 46.3 Å². The first-order valence-electron chi connectivity index (χ1n) is 7.80. The Kier molecular flexibility index (Phi) is 4.00. The van der Waals surface area contributed by atoms with Crippen LogP contribution in [0.2, 0.25) is 0 Å². The third kappa shape index (κ3) is 2.65. The van der Waals surface area contributed by atoms with Gasteiger partial charge in [-0.3, -0.25) is 0 Å². The lowest BCUT2D eigenvalue weighted by Gasteiger charge is -2.38. The fourth-order valence-corrected chi connectivity index (χ4v) is 3.62. The van der Waals surface area contributed by atoms with E-state index in [-0.39, 0.29) is 6.10 Å². The minimum Gasteiger partial charge on any atom is -0.486 e. The van der Waals surface area contributed by atoms with Gasteiger partial charge in [0.25, 0.3) is 0 Å². The number of hydrogen-bond donors (Lipinski definition) is 1. The SMILES string of the molecule is CCC1CN(C(C)C)c2cc(-c3nc(N)sc3C)ccc2O1. The van der Waals surface area contributed by atoms with Crippen LogP contribution in [0.4, 0.5) is 10.8 Å². The van der Waals surface area contributed by atoms with Crippen molar-refractivity contribution >= 4 is 22.2 Å². The van der Waals surface area contributed by atoms with Gasteiger partial charge in [-0.25, -0.2) is 4.98 Å². The normalized spacial score (nSPS) is 17.5. The summed E-state index contributed by atoms with van der Waals surface area (Å²) in [5.41, 5.74) is 9.08. The first-order chi connectivity index (χ1) is 10.5. The number of nitrogens with zero attached hydrogens (tertiary/aromatic N) is 2. The van der Waals surface area contributed by atoms with Crippen molar-refractivity contribution in [3.05, 3.63) is 23.1 Å². The van der Waals surface area contributed by atoms with Crippen molar-refractivity contribution in [1.29, 1.82) is 0 Å². The Labute approximate surface area is 135 Å². The highest BCUT2D eigenvalue weighted by Crippen LogP contribution is 2.39. The molecule has 118 valence electrons. The number of fused-ring (bicyclic) bond motifs is 1. The molecule has 1 atom stereocenters. The van der Waals surface area contributed by atoms with Gasteiger partial charge in [-0.15, -0.1) is 11.3 Å². The number of ether oxygens (including phenoxy) is 1. The summed E-state index contributed by atoms with van der Waals surface area (Å²) in [7, 11) is 0. The average Bonchev–Trinajstić information content (AvgIpc) is 2.84. The Morgan fingerprint density at radius 2 is 2.23 bits per heavy atom. The van der Waals surface area contributed by atoms with Crippen LogP contribution in [0, 0.1) is 6.92 Å². The topological polar surface area (TPSA) is 51.4 Å². The fourth-order valence-electron chi connectivity index (χ4n) is 2.91. The number of thiazole rings is 1. The summed E-state index contributed by atoms with van der Waals surface area (Å²) in [6.45, 7) is 9.61. The van der Waals surface area contributed by atoms with Gasteiger partial charge in [-0.05, 0) is 45.4 Å². The summed E-state index contributed by atoms with van der Waals surface area (Å²) in [5, 5.41) is 0.619. The van der Waals surface area contributed by atoms with Gasteiger partial charge in [-0.1, -0.05) is 6.92 Å². The summed E-state index contributed by atoms with van der Waals surface area (Å²) in [6.07, 6.45) is 1.28. The van der Waals surface area contributed by atoms with Gasteiger partial charge in [-0.2, -0.15) is 0 Å². The standard InChI is InChI=1S/C17H23N3OS/c1-5-13-9-20(10(2)3)14-8-12(6-7-15(14)21-13)16-11(4)22-17(18)19-16/h6-8,10,13H,5,9H2,1-4H3,(H2,18,19). The molecule has 0 amide bonds. The molecule has 2 aromatic rings. The number of hydrogen-bond acceptors (Lipinski definition) is 5. The first kappa shape index (κ1) is 15.2. The maximum Gasteiger partial charge on any atom is 0.180 e. The van der Waals surface area contributed by atoms with Crippen LogP contribution >= 0.6 is 11.3 Å². The van der Waals surface area contributed by atoms with Gasteiger partial charge in [0.05, 0.1) is 17.9 Å². The van der Waals surface area contributed by atoms with Crippen LogP contribution in [-0.2, 0) is 0 Å². The number of rotatable bonds is 3. The molecule has 4 nitrogen and oxygen atoms in total. The molecule has 1 aromatic carbocycles. The van der Waals surface area contributed by atoms with E-state index in [0.29, 0.717) is 11.2 Å². The van der Waals surface area contributed by atoms with Crippen molar-refractivity contribution < 1.29 is 4.74 Å². The second kappa shape index (κ2) is 5.80. The van der Waals surface area contributed by atoms with Gasteiger partial charge in [0.1, 0.15) is 11.9 Å². The van der Waals surface area contributed by atoms with Crippen molar-refractivity contribution in [2.75, 3.05) is 17.2 Å². The van der Waals surface area contributed by atoms with E-state index in [2.05, 4.69) is 55.8 Å². The molecule has 5 heteroatoms. The Balaban J connectivity index is 2.05. The van der Waals surface area contributed by atoms with Crippen LogP contribution in [0.15, 0.2) is 18.2 Å². The fraction of sp³-hybridized carbons (Fsp3) is 0.471. The zero-order valence-electron chi connectivity index (χ0n) is 13.6. The minimum atomic E-state index is 0.261. The molecule has 0 spiro atoms. The van der Waals surface area contributed by atoms with E-state index in [4.69, 9.17) is 10.5 Å². The monoisotopic (exact) mass is 317 g/mol. The largest absolute Gasteiger partial charge is 0.486 e. The summed E-state index contributed by atoms with van der Waals surface area (Å²) in [6, 6.07) is 6.77. The molecule has 0 fully saturated rings. The molecule has 2 N–H and O–H groups in total. The van der Waals surface area contributed by atoms with Crippen LogP contribution in [-0.4, -0.2) is 23.7 Å². The molecule has 3 rings (SSSR count).